The van der Waals surface area contributed by atoms with Gasteiger partial charge in [-0.05, 0) is 42.3 Å². The van der Waals surface area contributed by atoms with Gasteiger partial charge < -0.3 is 10.3 Å². The van der Waals surface area contributed by atoms with Crippen molar-refractivity contribution in [3.8, 4) is 0 Å². The van der Waals surface area contributed by atoms with E-state index in [0.717, 1.165) is 21.9 Å². The quantitative estimate of drug-likeness (QED) is 0.763. The number of nitrogens with one attached hydrogen (secondary N) is 2. The summed E-state index contributed by atoms with van der Waals surface area (Å²) in [7, 11) is 0. The van der Waals surface area contributed by atoms with Gasteiger partial charge >= 0.3 is 0 Å². The third-order valence-corrected chi connectivity index (χ3v) is 3.82. The summed E-state index contributed by atoms with van der Waals surface area (Å²) in [5, 5.41) is 2.93. The Balaban J connectivity index is 1.59. The summed E-state index contributed by atoms with van der Waals surface area (Å²) in [6.07, 6.45) is 2.44. The number of H-pyrrole nitrogens is 1. The summed E-state index contributed by atoms with van der Waals surface area (Å²) in [5.41, 5.74) is 3.57. The highest BCUT2D eigenvalue weighted by Crippen LogP contribution is 2.12. The van der Waals surface area contributed by atoms with Gasteiger partial charge in [0.05, 0.1) is 17.4 Å². The number of rotatable bonds is 4. The van der Waals surface area contributed by atoms with Gasteiger partial charge in [0.2, 0.25) is 0 Å². The van der Waals surface area contributed by atoms with E-state index in [1.165, 1.54) is 5.56 Å². The van der Waals surface area contributed by atoms with Gasteiger partial charge in [-0.3, -0.25) is 4.79 Å². The number of fused-ring (bicyclic) bond motifs is 1. The molecule has 0 atom stereocenters. The van der Waals surface area contributed by atoms with E-state index in [0.29, 0.717) is 12.1 Å². The molecular formula is C16H14BrN3O. The van der Waals surface area contributed by atoms with Crippen LogP contribution in [0.3, 0.4) is 0 Å². The lowest BCUT2D eigenvalue weighted by atomic mass is 10.1. The van der Waals surface area contributed by atoms with Gasteiger partial charge in [0.25, 0.3) is 5.91 Å². The van der Waals surface area contributed by atoms with E-state index in [2.05, 4.69) is 31.2 Å². The van der Waals surface area contributed by atoms with Gasteiger partial charge in [-0.1, -0.05) is 28.1 Å². The molecule has 1 amide bonds. The smallest absolute Gasteiger partial charge is 0.251 e. The zero-order valence-electron chi connectivity index (χ0n) is 11.3. The summed E-state index contributed by atoms with van der Waals surface area (Å²) in [5.74, 6) is -0.0661. The summed E-state index contributed by atoms with van der Waals surface area (Å²) in [4.78, 5) is 19.2. The Morgan fingerprint density at radius 2 is 2.00 bits per heavy atom. The fourth-order valence-electron chi connectivity index (χ4n) is 2.15. The minimum Gasteiger partial charge on any atom is -0.352 e. The summed E-state index contributed by atoms with van der Waals surface area (Å²) >= 11 is 3.41. The molecule has 0 spiro atoms. The molecular weight excluding hydrogens is 330 g/mol. The zero-order valence-corrected chi connectivity index (χ0v) is 12.9. The maximum atomic E-state index is 12.1. The normalized spacial score (nSPS) is 10.7. The van der Waals surface area contributed by atoms with E-state index in [-0.39, 0.29) is 5.91 Å². The van der Waals surface area contributed by atoms with Crippen LogP contribution in [-0.2, 0) is 6.42 Å². The van der Waals surface area contributed by atoms with Gasteiger partial charge in [-0.2, -0.15) is 0 Å². The molecule has 0 fully saturated rings. The van der Waals surface area contributed by atoms with Crippen molar-refractivity contribution >= 4 is 32.9 Å². The summed E-state index contributed by atoms with van der Waals surface area (Å²) in [6, 6.07) is 13.6. The first kappa shape index (κ1) is 13.8. The third-order valence-electron chi connectivity index (χ3n) is 3.29. The fourth-order valence-corrected chi connectivity index (χ4v) is 2.41. The highest BCUT2D eigenvalue weighted by Gasteiger charge is 2.06. The summed E-state index contributed by atoms with van der Waals surface area (Å²) in [6.45, 7) is 0.613. The zero-order chi connectivity index (χ0) is 14.7. The van der Waals surface area contributed by atoms with Gasteiger partial charge in [-0.25, -0.2) is 4.98 Å². The maximum Gasteiger partial charge on any atom is 0.251 e. The Hall–Kier alpha value is -2.14. The standard InChI is InChI=1S/C16H14BrN3O/c17-13-4-1-11(2-5-13)7-8-18-16(21)12-3-6-14-15(9-12)20-10-19-14/h1-6,9-10H,7-8H2,(H,18,21)(H,19,20). The molecule has 0 saturated carbocycles. The first-order valence-electron chi connectivity index (χ1n) is 6.68. The van der Waals surface area contributed by atoms with Crippen LogP contribution in [0.4, 0.5) is 0 Å². The number of imidazole rings is 1. The minimum atomic E-state index is -0.0661. The van der Waals surface area contributed by atoms with Gasteiger partial charge in [0, 0.05) is 16.6 Å². The second-order valence-corrected chi connectivity index (χ2v) is 5.68. The van der Waals surface area contributed by atoms with Crippen molar-refractivity contribution in [3.05, 3.63) is 64.4 Å². The average Bonchev–Trinajstić information content (AvgIpc) is 2.96. The Kier molecular flexibility index (Phi) is 4.01. The van der Waals surface area contributed by atoms with Crippen molar-refractivity contribution in [1.82, 2.24) is 15.3 Å². The predicted octanol–water partition coefficient (Wildman–Crippen LogP) is 3.30. The number of amides is 1. The number of hydrogen-bond donors (Lipinski definition) is 2. The van der Waals surface area contributed by atoms with Crippen molar-refractivity contribution in [2.24, 2.45) is 0 Å². The molecule has 0 aliphatic heterocycles. The van der Waals surface area contributed by atoms with Crippen LogP contribution in [-0.4, -0.2) is 22.4 Å². The van der Waals surface area contributed by atoms with Crippen LogP contribution in [0, 0.1) is 0 Å². The average molecular weight is 344 g/mol. The van der Waals surface area contributed by atoms with E-state index < -0.39 is 0 Å². The largest absolute Gasteiger partial charge is 0.352 e. The van der Waals surface area contributed by atoms with E-state index in [1.807, 2.05) is 36.4 Å². The molecule has 0 unspecified atom stereocenters. The Morgan fingerprint density at radius 1 is 1.19 bits per heavy atom. The molecule has 1 aromatic heterocycles. The second-order valence-electron chi connectivity index (χ2n) is 4.77. The van der Waals surface area contributed by atoms with E-state index in [1.54, 1.807) is 12.4 Å². The maximum absolute atomic E-state index is 12.1. The lowest BCUT2D eigenvalue weighted by Crippen LogP contribution is -2.25. The Bertz CT molecular complexity index is 765. The molecule has 21 heavy (non-hydrogen) atoms. The third kappa shape index (κ3) is 3.31. The van der Waals surface area contributed by atoms with Crippen LogP contribution in [0.2, 0.25) is 0 Å². The molecule has 0 aliphatic rings. The van der Waals surface area contributed by atoms with Crippen molar-refractivity contribution in [2.75, 3.05) is 6.54 Å². The van der Waals surface area contributed by atoms with Crippen LogP contribution in [0.1, 0.15) is 15.9 Å². The number of carbonyl (C=O) groups excluding carboxylic acids is 1. The van der Waals surface area contributed by atoms with Crippen molar-refractivity contribution in [2.45, 2.75) is 6.42 Å². The number of hydrogen-bond acceptors (Lipinski definition) is 2. The van der Waals surface area contributed by atoms with E-state index in [9.17, 15) is 4.79 Å². The topological polar surface area (TPSA) is 57.8 Å². The fraction of sp³-hybridized carbons (Fsp3) is 0.125. The molecule has 5 heteroatoms. The van der Waals surface area contributed by atoms with Crippen molar-refractivity contribution < 1.29 is 4.79 Å². The molecule has 0 bridgehead atoms. The summed E-state index contributed by atoms with van der Waals surface area (Å²) < 4.78 is 1.06. The lowest BCUT2D eigenvalue weighted by Gasteiger charge is -2.06. The highest BCUT2D eigenvalue weighted by atomic mass is 79.9. The van der Waals surface area contributed by atoms with E-state index >= 15 is 0 Å². The molecule has 0 saturated heterocycles. The first-order valence-corrected chi connectivity index (χ1v) is 7.47. The molecule has 2 aromatic carbocycles. The van der Waals surface area contributed by atoms with Gasteiger partial charge in [-0.15, -0.1) is 0 Å². The highest BCUT2D eigenvalue weighted by molar-refractivity contribution is 9.10. The van der Waals surface area contributed by atoms with Crippen LogP contribution in [0.25, 0.3) is 11.0 Å². The SMILES string of the molecule is O=C(NCCc1ccc(Br)cc1)c1ccc2nc[nH]c2c1. The van der Waals surface area contributed by atoms with E-state index in [4.69, 9.17) is 0 Å². The second kappa shape index (κ2) is 6.10. The number of aromatic nitrogens is 2. The molecule has 0 radical (unpaired) electrons. The van der Waals surface area contributed by atoms with Crippen LogP contribution < -0.4 is 5.32 Å². The molecule has 2 N–H and O–H groups in total. The van der Waals surface area contributed by atoms with Gasteiger partial charge in [0.1, 0.15) is 0 Å². The number of nitrogens with zero attached hydrogens (tertiary/aromatic N) is 1. The van der Waals surface area contributed by atoms with Crippen LogP contribution >= 0.6 is 15.9 Å². The number of aromatic amines is 1. The molecule has 0 aliphatic carbocycles. The minimum absolute atomic E-state index is 0.0661. The Labute approximate surface area is 130 Å². The van der Waals surface area contributed by atoms with Crippen molar-refractivity contribution in [1.29, 1.82) is 0 Å². The number of benzene rings is 2. The molecule has 106 valence electrons. The monoisotopic (exact) mass is 343 g/mol. The van der Waals surface area contributed by atoms with Gasteiger partial charge in [0.15, 0.2) is 0 Å². The lowest BCUT2D eigenvalue weighted by molar-refractivity contribution is 0.0954. The molecule has 3 aromatic rings. The molecule has 1 heterocycles. The Morgan fingerprint density at radius 3 is 2.81 bits per heavy atom. The first-order chi connectivity index (χ1) is 10.2. The van der Waals surface area contributed by atoms with Crippen LogP contribution in [0.15, 0.2) is 53.3 Å². The predicted molar refractivity (Wildman–Crippen MR) is 86.3 cm³/mol. The molecule has 4 nitrogen and oxygen atoms in total. The molecule has 3 rings (SSSR count). The number of halogens is 1. The number of carbonyl (C=O) groups is 1. The van der Waals surface area contributed by atoms with Crippen LogP contribution in [0.5, 0.6) is 0 Å². The van der Waals surface area contributed by atoms with Crippen molar-refractivity contribution in [3.63, 3.8) is 0 Å².